The molecule has 144 valence electrons. The molecule has 0 aliphatic rings. The Morgan fingerprint density at radius 2 is 1.86 bits per heavy atom. The number of fused-ring (bicyclic) bond motifs is 1. The standard InChI is InChI=1S/C22H20N6O/c1-13(14-5-3-2-4-6-14)26-22(29)21-27-18-11-16(17(23)12-19(18)28-21)20(24)15-7-9-25-10-8-15/h2-13,24H,23H2,1H3,(H,26,29)(H,27,28). The highest BCUT2D eigenvalue weighted by molar-refractivity contribution is 6.15. The highest BCUT2D eigenvalue weighted by atomic mass is 16.2. The number of hydrogen-bond donors (Lipinski definition) is 4. The molecule has 1 unspecified atom stereocenters. The van der Waals surface area contributed by atoms with Gasteiger partial charge in [-0.15, -0.1) is 0 Å². The van der Waals surface area contributed by atoms with E-state index in [2.05, 4.69) is 20.3 Å². The SMILES string of the molecule is CC(NC(=O)c1nc2cc(C(=N)c3ccncc3)c(N)cc2[nH]1)c1ccccc1. The molecule has 4 rings (SSSR count). The van der Waals surface area contributed by atoms with Gasteiger partial charge in [0, 0.05) is 29.2 Å². The number of imidazole rings is 1. The third-order valence-electron chi connectivity index (χ3n) is 4.75. The second kappa shape index (κ2) is 7.55. The van der Waals surface area contributed by atoms with Crippen LogP contribution in [0.1, 0.15) is 40.3 Å². The Labute approximate surface area is 167 Å². The molecule has 0 radical (unpaired) electrons. The summed E-state index contributed by atoms with van der Waals surface area (Å²) < 4.78 is 0. The average Bonchev–Trinajstić information content (AvgIpc) is 3.17. The summed E-state index contributed by atoms with van der Waals surface area (Å²) in [6, 6.07) is 16.5. The maximum Gasteiger partial charge on any atom is 0.287 e. The molecule has 29 heavy (non-hydrogen) atoms. The molecule has 0 bridgehead atoms. The summed E-state index contributed by atoms with van der Waals surface area (Å²) in [5.41, 5.74) is 10.4. The number of nitrogen functional groups attached to an aromatic ring is 1. The fourth-order valence-corrected chi connectivity index (χ4v) is 3.16. The molecule has 2 aromatic heterocycles. The number of carbonyl (C=O) groups is 1. The Bertz CT molecular complexity index is 1180. The minimum atomic E-state index is -0.304. The molecule has 1 atom stereocenters. The van der Waals surface area contributed by atoms with E-state index in [1.54, 1.807) is 36.7 Å². The summed E-state index contributed by atoms with van der Waals surface area (Å²) in [5, 5.41) is 11.4. The van der Waals surface area contributed by atoms with E-state index < -0.39 is 0 Å². The molecule has 0 saturated carbocycles. The van der Waals surface area contributed by atoms with Crippen LogP contribution >= 0.6 is 0 Å². The molecule has 7 heteroatoms. The van der Waals surface area contributed by atoms with Gasteiger partial charge in [-0.2, -0.15) is 0 Å². The highest BCUT2D eigenvalue weighted by Gasteiger charge is 2.17. The number of aromatic nitrogens is 3. The van der Waals surface area contributed by atoms with Crippen molar-refractivity contribution in [2.24, 2.45) is 0 Å². The number of amides is 1. The molecular weight excluding hydrogens is 364 g/mol. The van der Waals surface area contributed by atoms with Crippen LogP contribution in [-0.2, 0) is 0 Å². The number of nitrogens with zero attached hydrogens (tertiary/aromatic N) is 2. The van der Waals surface area contributed by atoms with Crippen LogP contribution in [-0.4, -0.2) is 26.6 Å². The van der Waals surface area contributed by atoms with E-state index in [9.17, 15) is 4.79 Å². The lowest BCUT2D eigenvalue weighted by Crippen LogP contribution is -2.27. The highest BCUT2D eigenvalue weighted by Crippen LogP contribution is 2.23. The van der Waals surface area contributed by atoms with Gasteiger partial charge < -0.3 is 16.0 Å². The van der Waals surface area contributed by atoms with Crippen molar-refractivity contribution in [2.75, 3.05) is 5.73 Å². The lowest BCUT2D eigenvalue weighted by molar-refractivity contribution is 0.0930. The van der Waals surface area contributed by atoms with Gasteiger partial charge in [0.1, 0.15) is 0 Å². The molecule has 1 amide bonds. The van der Waals surface area contributed by atoms with Crippen molar-refractivity contribution in [2.45, 2.75) is 13.0 Å². The Morgan fingerprint density at radius 1 is 1.14 bits per heavy atom. The fraction of sp³-hybridized carbons (Fsp3) is 0.0909. The fourth-order valence-electron chi connectivity index (χ4n) is 3.16. The summed E-state index contributed by atoms with van der Waals surface area (Å²) in [6.07, 6.45) is 3.26. The van der Waals surface area contributed by atoms with Crippen molar-refractivity contribution in [1.82, 2.24) is 20.3 Å². The zero-order valence-corrected chi connectivity index (χ0v) is 15.8. The maximum atomic E-state index is 12.6. The molecule has 2 aromatic carbocycles. The van der Waals surface area contributed by atoms with E-state index in [0.717, 1.165) is 5.56 Å². The van der Waals surface area contributed by atoms with Crippen molar-refractivity contribution in [3.8, 4) is 0 Å². The molecular formula is C22H20N6O. The number of carbonyl (C=O) groups excluding carboxylic acids is 1. The van der Waals surface area contributed by atoms with E-state index >= 15 is 0 Å². The van der Waals surface area contributed by atoms with Gasteiger partial charge in [0.15, 0.2) is 5.82 Å². The Balaban J connectivity index is 1.61. The quantitative estimate of drug-likeness (QED) is 0.311. The van der Waals surface area contributed by atoms with Gasteiger partial charge in [-0.3, -0.25) is 15.2 Å². The second-order valence-electron chi connectivity index (χ2n) is 6.76. The molecule has 7 nitrogen and oxygen atoms in total. The topological polar surface area (TPSA) is 121 Å². The average molecular weight is 384 g/mol. The summed E-state index contributed by atoms with van der Waals surface area (Å²) >= 11 is 0. The van der Waals surface area contributed by atoms with Crippen LogP contribution < -0.4 is 11.1 Å². The van der Waals surface area contributed by atoms with E-state index in [-0.39, 0.29) is 23.5 Å². The van der Waals surface area contributed by atoms with Gasteiger partial charge in [-0.1, -0.05) is 30.3 Å². The molecule has 5 N–H and O–H groups in total. The van der Waals surface area contributed by atoms with Crippen molar-refractivity contribution in [3.63, 3.8) is 0 Å². The first-order valence-electron chi connectivity index (χ1n) is 9.17. The normalized spacial score (nSPS) is 11.9. The molecule has 0 spiro atoms. The number of hydrogen-bond acceptors (Lipinski definition) is 5. The molecule has 0 saturated heterocycles. The maximum absolute atomic E-state index is 12.6. The van der Waals surface area contributed by atoms with E-state index in [1.807, 2.05) is 37.3 Å². The smallest absolute Gasteiger partial charge is 0.287 e. The zero-order valence-electron chi connectivity index (χ0n) is 15.8. The largest absolute Gasteiger partial charge is 0.398 e. The minimum Gasteiger partial charge on any atom is -0.398 e. The monoisotopic (exact) mass is 384 g/mol. The van der Waals surface area contributed by atoms with Gasteiger partial charge >= 0.3 is 0 Å². The number of benzene rings is 2. The summed E-state index contributed by atoms with van der Waals surface area (Å²) in [5.74, 6) is -0.100. The van der Waals surface area contributed by atoms with E-state index in [1.165, 1.54) is 0 Å². The number of aromatic amines is 1. The Kier molecular flexibility index (Phi) is 4.78. The predicted molar refractivity (Wildman–Crippen MR) is 113 cm³/mol. The third kappa shape index (κ3) is 3.70. The summed E-state index contributed by atoms with van der Waals surface area (Å²) in [6.45, 7) is 1.92. The van der Waals surface area contributed by atoms with Crippen molar-refractivity contribution in [3.05, 3.63) is 89.5 Å². The van der Waals surface area contributed by atoms with Gasteiger partial charge in [0.25, 0.3) is 5.91 Å². The minimum absolute atomic E-state index is 0.155. The Hall–Kier alpha value is -4.00. The van der Waals surface area contributed by atoms with Crippen LogP contribution in [0.4, 0.5) is 5.69 Å². The number of nitrogens with two attached hydrogens (primary N) is 1. The van der Waals surface area contributed by atoms with Crippen LogP contribution in [0.5, 0.6) is 0 Å². The van der Waals surface area contributed by atoms with Crippen LogP contribution in [0.3, 0.4) is 0 Å². The number of nitrogens with one attached hydrogen (secondary N) is 3. The van der Waals surface area contributed by atoms with Crippen molar-refractivity contribution in [1.29, 1.82) is 5.41 Å². The van der Waals surface area contributed by atoms with Crippen LogP contribution in [0.2, 0.25) is 0 Å². The molecule has 4 aromatic rings. The first-order valence-corrected chi connectivity index (χ1v) is 9.17. The first-order chi connectivity index (χ1) is 14.0. The zero-order chi connectivity index (χ0) is 20.4. The van der Waals surface area contributed by atoms with E-state index in [0.29, 0.717) is 27.8 Å². The second-order valence-corrected chi connectivity index (χ2v) is 6.76. The summed E-state index contributed by atoms with van der Waals surface area (Å²) in [4.78, 5) is 24.0. The lowest BCUT2D eigenvalue weighted by atomic mass is 10.0. The van der Waals surface area contributed by atoms with Crippen LogP contribution in [0.25, 0.3) is 11.0 Å². The van der Waals surface area contributed by atoms with Crippen LogP contribution in [0.15, 0.2) is 67.0 Å². The molecule has 2 heterocycles. The van der Waals surface area contributed by atoms with Gasteiger partial charge in [-0.25, -0.2) is 4.98 Å². The molecule has 0 fully saturated rings. The number of H-pyrrole nitrogens is 1. The molecule has 0 aliphatic heterocycles. The number of rotatable bonds is 5. The molecule has 0 aliphatic carbocycles. The van der Waals surface area contributed by atoms with Crippen molar-refractivity contribution >= 4 is 28.3 Å². The first kappa shape index (κ1) is 18.4. The van der Waals surface area contributed by atoms with Gasteiger partial charge in [-0.05, 0) is 36.8 Å². The third-order valence-corrected chi connectivity index (χ3v) is 4.75. The van der Waals surface area contributed by atoms with Crippen molar-refractivity contribution < 1.29 is 4.79 Å². The number of anilines is 1. The summed E-state index contributed by atoms with van der Waals surface area (Å²) in [7, 11) is 0. The van der Waals surface area contributed by atoms with Gasteiger partial charge in [0.2, 0.25) is 0 Å². The van der Waals surface area contributed by atoms with E-state index in [4.69, 9.17) is 11.1 Å². The Morgan fingerprint density at radius 3 is 2.59 bits per heavy atom. The lowest BCUT2D eigenvalue weighted by Gasteiger charge is -2.12. The predicted octanol–water partition coefficient (Wildman–Crippen LogP) is 3.45. The number of pyridine rings is 1. The van der Waals surface area contributed by atoms with Crippen LogP contribution in [0, 0.1) is 5.41 Å². The van der Waals surface area contributed by atoms with Gasteiger partial charge in [0.05, 0.1) is 22.8 Å².